The van der Waals surface area contributed by atoms with E-state index in [1.54, 1.807) is 0 Å². The molecule has 6 aromatic rings. The van der Waals surface area contributed by atoms with Crippen molar-refractivity contribution < 1.29 is 0 Å². The monoisotopic (exact) mass is 558 g/mol. The minimum atomic E-state index is -1.78. The second-order valence-electron chi connectivity index (χ2n) is 9.06. The molecule has 0 N–H and O–H groups in total. The molecule has 0 spiro atoms. The van der Waals surface area contributed by atoms with Gasteiger partial charge in [-0.3, -0.25) is 0 Å². The molecule has 39 heavy (non-hydrogen) atoms. The molecule has 0 saturated carbocycles. The SMILES string of the molecule is c1ccc(S(SS(c2ccccc2)(c2ccccc2)c2ccccc2)(c2ccccc2)c2ccccc2)cc1. The van der Waals surface area contributed by atoms with Crippen LogP contribution in [0, 0.1) is 0 Å². The van der Waals surface area contributed by atoms with Gasteiger partial charge in [-0.15, -0.1) is 18.1 Å². The van der Waals surface area contributed by atoms with E-state index in [1.165, 1.54) is 29.4 Å². The van der Waals surface area contributed by atoms with Crippen LogP contribution in [0.25, 0.3) is 0 Å². The summed E-state index contributed by atoms with van der Waals surface area (Å²) >= 11 is 0. The van der Waals surface area contributed by atoms with Gasteiger partial charge in [0.05, 0.1) is 0 Å². The summed E-state index contributed by atoms with van der Waals surface area (Å²) in [5, 5.41) is 0. The minimum absolute atomic E-state index is 1.35. The van der Waals surface area contributed by atoms with Gasteiger partial charge < -0.3 is 0 Å². The molecule has 0 heterocycles. The Morgan fingerprint density at radius 3 is 0.538 bits per heavy atom. The summed E-state index contributed by atoms with van der Waals surface area (Å²) in [5.41, 5.74) is 0. The fourth-order valence-corrected chi connectivity index (χ4v) is 21.9. The van der Waals surface area contributed by atoms with E-state index in [1.807, 2.05) is 0 Å². The molecule has 0 atom stereocenters. The molecule has 6 aromatic carbocycles. The molecule has 0 aromatic heterocycles. The Labute approximate surface area is 238 Å². The van der Waals surface area contributed by atoms with Crippen molar-refractivity contribution in [1.29, 1.82) is 0 Å². The molecule has 0 aliphatic heterocycles. The molecule has 0 amide bonds. The fourth-order valence-electron chi connectivity index (χ4n) is 4.88. The Morgan fingerprint density at radius 1 is 0.231 bits per heavy atom. The highest BCUT2D eigenvalue weighted by molar-refractivity contribution is 9.26. The molecule has 0 fully saturated rings. The Hall–Kier alpha value is -3.63. The first-order valence-electron chi connectivity index (χ1n) is 13.0. The molecule has 0 nitrogen and oxygen atoms in total. The van der Waals surface area contributed by atoms with Gasteiger partial charge in [-0.2, -0.15) is 0 Å². The van der Waals surface area contributed by atoms with E-state index in [0.717, 1.165) is 0 Å². The van der Waals surface area contributed by atoms with Gasteiger partial charge >= 0.3 is 0 Å². The highest BCUT2D eigenvalue weighted by Crippen LogP contribution is 2.92. The first kappa shape index (κ1) is 25.6. The predicted molar refractivity (Wildman–Crippen MR) is 171 cm³/mol. The average Bonchev–Trinajstić information content (AvgIpc) is 3.04. The van der Waals surface area contributed by atoms with E-state index in [4.69, 9.17) is 0 Å². The normalized spacial score (nSPS) is 12.5. The lowest BCUT2D eigenvalue weighted by atomic mass is 10.4. The summed E-state index contributed by atoms with van der Waals surface area (Å²) in [6.07, 6.45) is 0. The van der Waals surface area contributed by atoms with Crippen LogP contribution in [0.4, 0.5) is 0 Å². The number of hydrogen-bond acceptors (Lipinski definition) is 1. The van der Waals surface area contributed by atoms with Crippen LogP contribution >= 0.6 is 27.9 Å². The van der Waals surface area contributed by atoms with Crippen LogP contribution in [-0.4, -0.2) is 0 Å². The maximum atomic E-state index is 2.33. The van der Waals surface area contributed by atoms with Gasteiger partial charge in [-0.25, -0.2) is 0 Å². The van der Waals surface area contributed by atoms with Gasteiger partial charge in [0.1, 0.15) is 0 Å². The number of rotatable bonds is 8. The summed E-state index contributed by atoms with van der Waals surface area (Å²) in [5.74, 6) is 0. The van der Waals surface area contributed by atoms with Crippen molar-refractivity contribution in [2.45, 2.75) is 29.4 Å². The van der Waals surface area contributed by atoms with E-state index in [9.17, 15) is 0 Å². The highest BCUT2D eigenvalue weighted by Gasteiger charge is 2.43. The summed E-state index contributed by atoms with van der Waals surface area (Å²) < 4.78 is 0. The van der Waals surface area contributed by atoms with Crippen LogP contribution in [0.15, 0.2) is 211 Å². The van der Waals surface area contributed by atoms with Crippen LogP contribution in [0.3, 0.4) is 0 Å². The third-order valence-electron chi connectivity index (χ3n) is 6.65. The largest absolute Gasteiger partial charge is 0.101 e. The van der Waals surface area contributed by atoms with Crippen molar-refractivity contribution in [3.8, 4) is 0 Å². The van der Waals surface area contributed by atoms with E-state index in [-0.39, 0.29) is 0 Å². The zero-order chi connectivity index (χ0) is 26.4. The van der Waals surface area contributed by atoms with Gasteiger partial charge in [0.25, 0.3) is 0 Å². The Bertz CT molecular complexity index is 1270. The lowest BCUT2D eigenvalue weighted by Crippen LogP contribution is -2.06. The van der Waals surface area contributed by atoms with E-state index < -0.39 is 18.1 Å². The lowest BCUT2D eigenvalue weighted by Gasteiger charge is -2.50. The van der Waals surface area contributed by atoms with Crippen molar-refractivity contribution in [3.05, 3.63) is 182 Å². The molecular formula is C36H30S3. The van der Waals surface area contributed by atoms with Crippen LogP contribution in [0.1, 0.15) is 0 Å². The van der Waals surface area contributed by atoms with E-state index in [0.29, 0.717) is 0 Å². The van der Waals surface area contributed by atoms with Crippen molar-refractivity contribution in [3.63, 3.8) is 0 Å². The molecule has 0 saturated heterocycles. The third kappa shape index (κ3) is 4.83. The van der Waals surface area contributed by atoms with Crippen molar-refractivity contribution >= 4 is 27.9 Å². The Balaban J connectivity index is 1.76. The second-order valence-corrected chi connectivity index (χ2v) is 18.9. The zero-order valence-corrected chi connectivity index (χ0v) is 24.0. The van der Waals surface area contributed by atoms with Gasteiger partial charge in [-0.05, 0) is 82.6 Å². The topological polar surface area (TPSA) is 0 Å². The zero-order valence-electron chi connectivity index (χ0n) is 21.5. The number of hydrogen-bond donors (Lipinski definition) is 0. The first-order valence-corrected chi connectivity index (χ1v) is 18.1. The molecule has 6 rings (SSSR count). The van der Waals surface area contributed by atoms with Crippen LogP contribution in [-0.2, 0) is 0 Å². The highest BCUT2D eigenvalue weighted by atomic mass is 33.6. The third-order valence-corrected chi connectivity index (χ3v) is 21.0. The Morgan fingerprint density at radius 2 is 0.385 bits per heavy atom. The van der Waals surface area contributed by atoms with Gasteiger partial charge in [0.2, 0.25) is 0 Å². The smallest absolute Gasteiger partial charge is 0.00804 e. The van der Waals surface area contributed by atoms with E-state index >= 15 is 0 Å². The van der Waals surface area contributed by atoms with Crippen LogP contribution < -0.4 is 0 Å². The summed E-state index contributed by atoms with van der Waals surface area (Å²) in [4.78, 5) is 8.12. The molecule has 0 aliphatic carbocycles. The maximum Gasteiger partial charge on any atom is 0.00804 e. The Kier molecular flexibility index (Phi) is 7.64. The number of benzene rings is 6. The molecule has 0 aliphatic rings. The molecule has 0 bridgehead atoms. The second kappa shape index (κ2) is 11.6. The van der Waals surface area contributed by atoms with Gasteiger partial charge in [0, 0.05) is 29.4 Å². The summed E-state index contributed by atoms with van der Waals surface area (Å²) in [7, 11) is -1.39. The van der Waals surface area contributed by atoms with Crippen molar-refractivity contribution in [2.75, 3.05) is 0 Å². The molecule has 192 valence electrons. The standard InChI is InChI=1S/C36H30S3/c1-7-19-31(20-8-1)38(32-21-9-2-10-22-32,33-23-11-3-12-24-33)37-39(34-25-13-4-14-26-34,35-27-15-5-16-28-35)36-29-17-6-18-30-36/h1-30H. The quantitative estimate of drug-likeness (QED) is 0.167. The average molecular weight is 559 g/mol. The molecular weight excluding hydrogens is 529 g/mol. The van der Waals surface area contributed by atoms with Crippen molar-refractivity contribution in [1.82, 2.24) is 0 Å². The van der Waals surface area contributed by atoms with Crippen LogP contribution in [0.2, 0.25) is 0 Å². The first-order chi connectivity index (χ1) is 19.3. The van der Waals surface area contributed by atoms with Gasteiger partial charge in [0.15, 0.2) is 0 Å². The lowest BCUT2D eigenvalue weighted by molar-refractivity contribution is 1.31. The fraction of sp³-hybridized carbons (Fsp3) is 0. The molecule has 3 heteroatoms. The maximum absolute atomic E-state index is 2.33. The molecule has 0 unspecified atom stereocenters. The van der Waals surface area contributed by atoms with Crippen molar-refractivity contribution in [2.24, 2.45) is 0 Å². The minimum Gasteiger partial charge on any atom is -0.101 e. The van der Waals surface area contributed by atoms with Crippen LogP contribution in [0.5, 0.6) is 0 Å². The van der Waals surface area contributed by atoms with E-state index in [2.05, 4.69) is 192 Å². The predicted octanol–water partition coefficient (Wildman–Crippen LogP) is 11.5. The summed E-state index contributed by atoms with van der Waals surface area (Å²) in [6, 6.07) is 66.9. The summed E-state index contributed by atoms with van der Waals surface area (Å²) in [6.45, 7) is 0. The van der Waals surface area contributed by atoms with Gasteiger partial charge in [-0.1, -0.05) is 109 Å². The molecule has 0 radical (unpaired) electrons.